The second kappa shape index (κ2) is 8.81. The van der Waals surface area contributed by atoms with Gasteiger partial charge in [0.1, 0.15) is 23.8 Å². The molecule has 34 heavy (non-hydrogen) atoms. The first-order chi connectivity index (χ1) is 16.4. The fraction of sp³-hybridized carbons (Fsp3) is 0.280. The maximum Gasteiger partial charge on any atom is 0.178 e. The van der Waals surface area contributed by atoms with Crippen LogP contribution in [0.3, 0.4) is 0 Å². The van der Waals surface area contributed by atoms with Crippen molar-refractivity contribution in [2.45, 2.75) is 26.3 Å². The highest BCUT2D eigenvalue weighted by Crippen LogP contribution is 2.39. The molecular weight excluding hydrogens is 438 g/mol. The Morgan fingerprint density at radius 2 is 1.88 bits per heavy atom. The lowest BCUT2D eigenvalue weighted by Gasteiger charge is -2.34. The number of hydrogen-bond donors (Lipinski definition) is 0. The number of rotatable bonds is 5. The smallest absolute Gasteiger partial charge is 0.178 e. The molecule has 3 aromatic heterocycles. The van der Waals surface area contributed by atoms with Crippen LogP contribution in [-0.4, -0.2) is 43.9 Å². The van der Waals surface area contributed by atoms with Crippen molar-refractivity contribution in [3.63, 3.8) is 0 Å². The summed E-state index contributed by atoms with van der Waals surface area (Å²) in [4.78, 5) is 15.1. The molecule has 9 heteroatoms. The minimum Gasteiger partial charge on any atom is -0.486 e. The molecule has 0 spiro atoms. The lowest BCUT2D eigenvalue weighted by atomic mass is 10.1. The number of ether oxygens (including phenoxy) is 1. The Hall–Kier alpha value is -3.88. The molecule has 1 aliphatic rings. The van der Waals surface area contributed by atoms with E-state index in [9.17, 15) is 8.78 Å². The van der Waals surface area contributed by atoms with Gasteiger partial charge in [0.2, 0.25) is 0 Å². The molecule has 0 unspecified atom stereocenters. The fourth-order valence-electron chi connectivity index (χ4n) is 4.08. The van der Waals surface area contributed by atoms with Crippen LogP contribution in [0.2, 0.25) is 0 Å². The number of aromatic nitrogens is 5. The van der Waals surface area contributed by atoms with E-state index in [-0.39, 0.29) is 17.5 Å². The molecule has 5 rings (SSSR count). The Morgan fingerprint density at radius 3 is 2.59 bits per heavy atom. The topological polar surface area (TPSA) is 69.0 Å². The molecular formula is C25H24F2N6O. The molecule has 0 bridgehead atoms. The Balaban J connectivity index is 1.44. The van der Waals surface area contributed by atoms with Gasteiger partial charge in [0.05, 0.1) is 24.1 Å². The average molecular weight is 463 g/mol. The highest BCUT2D eigenvalue weighted by molar-refractivity contribution is 5.72. The first kappa shape index (κ1) is 21.9. The van der Waals surface area contributed by atoms with Crippen LogP contribution >= 0.6 is 0 Å². The van der Waals surface area contributed by atoms with Crippen LogP contribution in [0.25, 0.3) is 22.6 Å². The molecule has 1 aliphatic heterocycles. The van der Waals surface area contributed by atoms with Crippen LogP contribution in [0.15, 0.2) is 48.9 Å². The molecule has 0 saturated heterocycles. The number of fused-ring (bicyclic) bond motifs is 1. The first-order valence-electron chi connectivity index (χ1n) is 11.1. The molecule has 0 saturated carbocycles. The van der Waals surface area contributed by atoms with E-state index in [1.165, 1.54) is 6.07 Å². The summed E-state index contributed by atoms with van der Waals surface area (Å²) in [5.74, 6) is -0.539. The molecule has 0 N–H and O–H groups in total. The summed E-state index contributed by atoms with van der Waals surface area (Å²) >= 11 is 0. The Morgan fingerprint density at radius 1 is 1.03 bits per heavy atom. The highest BCUT2D eigenvalue weighted by Gasteiger charge is 2.25. The quantitative estimate of drug-likeness (QED) is 0.438. The Bertz CT molecular complexity index is 1340. The molecule has 0 amide bonds. The molecule has 4 heterocycles. The number of nitrogens with zero attached hydrogens (tertiary/aromatic N) is 6. The van der Waals surface area contributed by atoms with Crippen LogP contribution < -0.4 is 9.64 Å². The van der Waals surface area contributed by atoms with Crippen molar-refractivity contribution < 1.29 is 13.5 Å². The van der Waals surface area contributed by atoms with E-state index in [0.717, 1.165) is 23.1 Å². The lowest BCUT2D eigenvalue weighted by Crippen LogP contribution is -2.38. The number of pyridine rings is 1. The van der Waals surface area contributed by atoms with E-state index >= 15 is 0 Å². The standard InChI is InChI=1S/C25H24F2N6O/c1-15(2)33-8-9-34-25-18(26)11-17(12-22(25)33)24-19(27)14-29-23(30-24)10-16-4-5-20(28-13-16)21-6-7-32(3)31-21/h4-7,11-15H,8-10H2,1-3H3. The van der Waals surface area contributed by atoms with Crippen LogP contribution in [0.1, 0.15) is 25.2 Å². The van der Waals surface area contributed by atoms with Crippen molar-refractivity contribution in [3.05, 3.63) is 71.9 Å². The van der Waals surface area contributed by atoms with Crippen molar-refractivity contribution >= 4 is 5.69 Å². The summed E-state index contributed by atoms with van der Waals surface area (Å²) in [5, 5.41) is 4.35. The predicted octanol–water partition coefficient (Wildman–Crippen LogP) is 4.42. The number of halogens is 2. The SMILES string of the molecule is CC(C)N1CCOc2c(F)cc(-c3nc(Cc4ccc(-c5ccn(C)n5)nc4)ncc3F)cc21. The summed E-state index contributed by atoms with van der Waals surface area (Å²) < 4.78 is 36.9. The third kappa shape index (κ3) is 4.21. The molecule has 0 aliphatic carbocycles. The summed E-state index contributed by atoms with van der Waals surface area (Å²) in [6.45, 7) is 5.08. The summed E-state index contributed by atoms with van der Waals surface area (Å²) in [7, 11) is 1.85. The van der Waals surface area contributed by atoms with Crippen LogP contribution in [0.4, 0.5) is 14.5 Å². The zero-order valence-corrected chi connectivity index (χ0v) is 19.2. The summed E-state index contributed by atoms with van der Waals surface area (Å²) in [5.41, 5.74) is 3.41. The molecule has 4 aromatic rings. The van der Waals surface area contributed by atoms with Crippen molar-refractivity contribution in [2.75, 3.05) is 18.1 Å². The van der Waals surface area contributed by atoms with Gasteiger partial charge in [0.15, 0.2) is 17.4 Å². The van der Waals surface area contributed by atoms with Gasteiger partial charge in [-0.3, -0.25) is 9.67 Å². The van der Waals surface area contributed by atoms with Gasteiger partial charge in [-0.15, -0.1) is 0 Å². The minimum atomic E-state index is -0.612. The highest BCUT2D eigenvalue weighted by atomic mass is 19.1. The van der Waals surface area contributed by atoms with E-state index in [2.05, 4.69) is 20.1 Å². The van der Waals surface area contributed by atoms with Gasteiger partial charge >= 0.3 is 0 Å². The molecule has 174 valence electrons. The van der Waals surface area contributed by atoms with Crippen LogP contribution in [0.5, 0.6) is 5.75 Å². The Kier molecular flexibility index (Phi) is 5.69. The third-order valence-corrected chi connectivity index (χ3v) is 5.77. The zero-order chi connectivity index (χ0) is 23.8. The number of benzene rings is 1. The second-order valence-corrected chi connectivity index (χ2v) is 8.53. The largest absolute Gasteiger partial charge is 0.486 e. The van der Waals surface area contributed by atoms with E-state index in [1.54, 1.807) is 16.9 Å². The van der Waals surface area contributed by atoms with Crippen LogP contribution in [0, 0.1) is 11.6 Å². The first-order valence-corrected chi connectivity index (χ1v) is 11.1. The molecule has 0 fully saturated rings. The van der Waals surface area contributed by atoms with Gasteiger partial charge in [-0.05, 0) is 43.7 Å². The maximum atomic E-state index is 14.9. The van der Waals surface area contributed by atoms with Crippen LogP contribution in [-0.2, 0) is 13.5 Å². The van der Waals surface area contributed by atoms with E-state index in [0.29, 0.717) is 36.6 Å². The molecule has 0 radical (unpaired) electrons. The number of anilines is 1. The van der Waals surface area contributed by atoms with Gasteiger partial charge in [-0.25, -0.2) is 18.7 Å². The fourth-order valence-corrected chi connectivity index (χ4v) is 4.08. The maximum absolute atomic E-state index is 14.9. The van der Waals surface area contributed by atoms with Crippen molar-refractivity contribution in [1.29, 1.82) is 0 Å². The van der Waals surface area contributed by atoms with Gasteiger partial charge in [-0.2, -0.15) is 5.10 Å². The van der Waals surface area contributed by atoms with Gasteiger partial charge < -0.3 is 9.64 Å². The zero-order valence-electron chi connectivity index (χ0n) is 19.2. The van der Waals surface area contributed by atoms with Crippen molar-refractivity contribution in [2.24, 2.45) is 7.05 Å². The lowest BCUT2D eigenvalue weighted by molar-refractivity contribution is 0.287. The second-order valence-electron chi connectivity index (χ2n) is 8.53. The normalized spacial score (nSPS) is 13.2. The average Bonchev–Trinajstić information content (AvgIpc) is 3.26. The van der Waals surface area contributed by atoms with E-state index in [1.807, 2.05) is 50.2 Å². The van der Waals surface area contributed by atoms with E-state index in [4.69, 9.17) is 4.74 Å². The molecule has 0 atom stereocenters. The van der Waals surface area contributed by atoms with Crippen molar-refractivity contribution in [3.8, 4) is 28.4 Å². The van der Waals surface area contributed by atoms with Gasteiger partial charge in [0, 0.05) is 37.5 Å². The predicted molar refractivity (Wildman–Crippen MR) is 125 cm³/mol. The summed E-state index contributed by atoms with van der Waals surface area (Å²) in [6.07, 6.45) is 5.07. The summed E-state index contributed by atoms with van der Waals surface area (Å²) in [6, 6.07) is 8.82. The molecule has 7 nitrogen and oxygen atoms in total. The van der Waals surface area contributed by atoms with Crippen molar-refractivity contribution in [1.82, 2.24) is 24.7 Å². The Labute approximate surface area is 196 Å². The monoisotopic (exact) mass is 462 g/mol. The third-order valence-electron chi connectivity index (χ3n) is 5.77. The van der Waals surface area contributed by atoms with E-state index < -0.39 is 11.6 Å². The number of aryl methyl sites for hydroxylation is 1. The molecule has 1 aromatic carbocycles. The van der Waals surface area contributed by atoms with Gasteiger partial charge in [0.25, 0.3) is 0 Å². The van der Waals surface area contributed by atoms with Gasteiger partial charge in [-0.1, -0.05) is 6.07 Å². The minimum absolute atomic E-state index is 0.0547. The number of hydrogen-bond acceptors (Lipinski definition) is 6.